The number of rotatable bonds is 4. The van der Waals surface area contributed by atoms with Crippen LogP contribution in [-0.4, -0.2) is 24.7 Å². The van der Waals surface area contributed by atoms with E-state index < -0.39 is 11.6 Å². The first-order valence-corrected chi connectivity index (χ1v) is 4.78. The summed E-state index contributed by atoms with van der Waals surface area (Å²) >= 11 is 0. The van der Waals surface area contributed by atoms with E-state index in [1.54, 1.807) is 31.5 Å². The van der Waals surface area contributed by atoms with E-state index in [9.17, 15) is 4.79 Å². The lowest BCUT2D eigenvalue weighted by atomic mass is 9.97. The van der Waals surface area contributed by atoms with Gasteiger partial charge in [0.15, 0.2) is 5.60 Å². The van der Waals surface area contributed by atoms with Crippen molar-refractivity contribution in [2.45, 2.75) is 19.4 Å². The van der Waals surface area contributed by atoms with Crippen molar-refractivity contribution in [1.82, 2.24) is 4.98 Å². The molecule has 15 heavy (non-hydrogen) atoms. The van der Waals surface area contributed by atoms with Crippen molar-refractivity contribution < 1.29 is 14.3 Å². The van der Waals surface area contributed by atoms with Crippen LogP contribution in [0.4, 0.5) is 0 Å². The first-order valence-electron chi connectivity index (χ1n) is 4.78. The number of esters is 1. The predicted molar refractivity (Wildman–Crippen MR) is 55.2 cm³/mol. The molecule has 82 valence electrons. The van der Waals surface area contributed by atoms with Gasteiger partial charge in [-0.3, -0.25) is 4.98 Å². The van der Waals surface area contributed by atoms with Gasteiger partial charge in [0.2, 0.25) is 0 Å². The van der Waals surface area contributed by atoms with Crippen LogP contribution in [0.25, 0.3) is 0 Å². The Bertz CT molecular complexity index is 326. The van der Waals surface area contributed by atoms with Crippen molar-refractivity contribution in [3.05, 3.63) is 30.1 Å². The van der Waals surface area contributed by atoms with E-state index in [1.165, 1.54) is 7.11 Å². The molecule has 0 bridgehead atoms. The standard InChI is InChI=1S/C11H15NO3/c1-4-15-11(2,10(13)14-3)9-5-7-12-8-6-9/h5-8H,4H2,1-3H3. The monoisotopic (exact) mass is 209 g/mol. The fraction of sp³-hybridized carbons (Fsp3) is 0.455. The molecule has 1 rings (SSSR count). The summed E-state index contributed by atoms with van der Waals surface area (Å²) in [5, 5.41) is 0. The summed E-state index contributed by atoms with van der Waals surface area (Å²) in [6, 6.07) is 3.49. The highest BCUT2D eigenvalue weighted by molar-refractivity contribution is 5.80. The number of nitrogens with zero attached hydrogens (tertiary/aromatic N) is 1. The largest absolute Gasteiger partial charge is 0.467 e. The minimum absolute atomic E-state index is 0.407. The predicted octanol–water partition coefficient (Wildman–Crippen LogP) is 1.51. The van der Waals surface area contributed by atoms with Gasteiger partial charge in [-0.25, -0.2) is 4.79 Å². The molecule has 1 aromatic rings. The second-order valence-electron chi connectivity index (χ2n) is 3.19. The van der Waals surface area contributed by atoms with Crippen LogP contribution in [0.3, 0.4) is 0 Å². The molecule has 0 radical (unpaired) electrons. The molecule has 0 spiro atoms. The van der Waals surface area contributed by atoms with E-state index >= 15 is 0 Å². The molecule has 0 amide bonds. The molecule has 0 fully saturated rings. The number of pyridine rings is 1. The van der Waals surface area contributed by atoms with Gasteiger partial charge >= 0.3 is 5.97 Å². The Morgan fingerprint density at radius 2 is 2.07 bits per heavy atom. The molecule has 0 saturated carbocycles. The van der Waals surface area contributed by atoms with Gasteiger partial charge in [0.05, 0.1) is 7.11 Å². The fourth-order valence-electron chi connectivity index (χ4n) is 1.41. The molecule has 1 unspecified atom stereocenters. The Kier molecular flexibility index (Phi) is 3.80. The number of aromatic nitrogens is 1. The van der Waals surface area contributed by atoms with Crippen molar-refractivity contribution in [3.8, 4) is 0 Å². The summed E-state index contributed by atoms with van der Waals surface area (Å²) < 4.78 is 10.2. The molecule has 1 atom stereocenters. The lowest BCUT2D eigenvalue weighted by molar-refractivity contribution is -0.168. The second kappa shape index (κ2) is 4.89. The molecule has 0 N–H and O–H groups in total. The van der Waals surface area contributed by atoms with E-state index in [0.29, 0.717) is 6.61 Å². The molecule has 1 heterocycles. The number of hydrogen-bond acceptors (Lipinski definition) is 4. The zero-order valence-corrected chi connectivity index (χ0v) is 9.19. The van der Waals surface area contributed by atoms with Crippen LogP contribution < -0.4 is 0 Å². The molecule has 0 aliphatic heterocycles. The molecule has 0 aliphatic rings. The molecule has 0 aromatic carbocycles. The summed E-state index contributed by atoms with van der Waals surface area (Å²) in [6.07, 6.45) is 3.24. The van der Waals surface area contributed by atoms with Gasteiger partial charge in [0, 0.05) is 19.0 Å². The van der Waals surface area contributed by atoms with Gasteiger partial charge in [0.1, 0.15) is 0 Å². The summed E-state index contributed by atoms with van der Waals surface area (Å²) in [7, 11) is 1.35. The number of carbonyl (C=O) groups excluding carboxylic acids is 1. The summed E-state index contributed by atoms with van der Waals surface area (Å²) in [6.45, 7) is 3.97. The number of hydrogen-bond donors (Lipinski definition) is 0. The molecule has 0 saturated heterocycles. The molecule has 1 aromatic heterocycles. The molecule has 4 heteroatoms. The molecule has 0 aliphatic carbocycles. The number of carbonyl (C=O) groups is 1. The maximum absolute atomic E-state index is 11.7. The Labute approximate surface area is 89.2 Å². The van der Waals surface area contributed by atoms with Crippen LogP contribution in [0.15, 0.2) is 24.5 Å². The summed E-state index contributed by atoms with van der Waals surface area (Å²) in [5.74, 6) is -0.407. The maximum atomic E-state index is 11.7. The number of ether oxygens (including phenoxy) is 2. The quantitative estimate of drug-likeness (QED) is 0.705. The Balaban J connectivity index is 3.06. The highest BCUT2D eigenvalue weighted by Crippen LogP contribution is 2.26. The van der Waals surface area contributed by atoms with E-state index in [0.717, 1.165) is 5.56 Å². The third kappa shape index (κ3) is 2.33. The van der Waals surface area contributed by atoms with Crippen LogP contribution in [0.5, 0.6) is 0 Å². The minimum Gasteiger partial charge on any atom is -0.467 e. The third-order valence-electron chi connectivity index (χ3n) is 2.24. The van der Waals surface area contributed by atoms with Crippen molar-refractivity contribution in [1.29, 1.82) is 0 Å². The first-order chi connectivity index (χ1) is 7.15. The SMILES string of the molecule is CCOC(C)(C(=O)OC)c1ccncc1. The van der Waals surface area contributed by atoms with Crippen LogP contribution >= 0.6 is 0 Å². The van der Waals surface area contributed by atoms with Crippen molar-refractivity contribution in [2.24, 2.45) is 0 Å². The zero-order valence-electron chi connectivity index (χ0n) is 9.19. The van der Waals surface area contributed by atoms with Crippen LogP contribution in [0, 0.1) is 0 Å². The van der Waals surface area contributed by atoms with Crippen molar-refractivity contribution in [3.63, 3.8) is 0 Å². The van der Waals surface area contributed by atoms with E-state index in [4.69, 9.17) is 9.47 Å². The normalized spacial score (nSPS) is 14.3. The third-order valence-corrected chi connectivity index (χ3v) is 2.24. The average molecular weight is 209 g/mol. The van der Waals surface area contributed by atoms with Crippen LogP contribution in [0.1, 0.15) is 19.4 Å². The Hall–Kier alpha value is -1.42. The van der Waals surface area contributed by atoms with Gasteiger partial charge in [-0.1, -0.05) is 0 Å². The second-order valence-corrected chi connectivity index (χ2v) is 3.19. The average Bonchev–Trinajstić information content (AvgIpc) is 2.29. The van der Waals surface area contributed by atoms with E-state index in [-0.39, 0.29) is 0 Å². The van der Waals surface area contributed by atoms with Gasteiger partial charge in [-0.2, -0.15) is 0 Å². The van der Waals surface area contributed by atoms with E-state index in [2.05, 4.69) is 4.98 Å². The molecular weight excluding hydrogens is 194 g/mol. The number of methoxy groups -OCH3 is 1. The lowest BCUT2D eigenvalue weighted by Gasteiger charge is -2.26. The van der Waals surface area contributed by atoms with Crippen LogP contribution in [0.2, 0.25) is 0 Å². The van der Waals surface area contributed by atoms with Crippen LogP contribution in [-0.2, 0) is 19.9 Å². The maximum Gasteiger partial charge on any atom is 0.342 e. The highest BCUT2D eigenvalue weighted by Gasteiger charge is 2.37. The molecular formula is C11H15NO3. The fourth-order valence-corrected chi connectivity index (χ4v) is 1.41. The van der Waals surface area contributed by atoms with Crippen molar-refractivity contribution in [2.75, 3.05) is 13.7 Å². The molecule has 4 nitrogen and oxygen atoms in total. The highest BCUT2D eigenvalue weighted by atomic mass is 16.6. The van der Waals surface area contributed by atoms with Crippen molar-refractivity contribution >= 4 is 5.97 Å². The van der Waals surface area contributed by atoms with Gasteiger partial charge < -0.3 is 9.47 Å². The van der Waals surface area contributed by atoms with Gasteiger partial charge in [-0.05, 0) is 31.5 Å². The summed E-state index contributed by atoms with van der Waals surface area (Å²) in [5.41, 5.74) is -0.307. The lowest BCUT2D eigenvalue weighted by Crippen LogP contribution is -2.36. The Morgan fingerprint density at radius 3 is 2.53 bits per heavy atom. The topological polar surface area (TPSA) is 48.4 Å². The first kappa shape index (κ1) is 11.7. The minimum atomic E-state index is -1.05. The van der Waals surface area contributed by atoms with E-state index in [1.807, 2.05) is 6.92 Å². The zero-order chi connectivity index (χ0) is 11.3. The smallest absolute Gasteiger partial charge is 0.342 e. The van der Waals surface area contributed by atoms with Gasteiger partial charge in [0.25, 0.3) is 0 Å². The van der Waals surface area contributed by atoms with Gasteiger partial charge in [-0.15, -0.1) is 0 Å². The summed E-state index contributed by atoms with van der Waals surface area (Å²) in [4.78, 5) is 15.6. The Morgan fingerprint density at radius 1 is 1.47 bits per heavy atom.